The van der Waals surface area contributed by atoms with Crippen molar-refractivity contribution in [2.45, 2.75) is 57.2 Å². The van der Waals surface area contributed by atoms with Crippen LogP contribution in [0, 0.1) is 0 Å². The van der Waals surface area contributed by atoms with Crippen LogP contribution >= 0.6 is 0 Å². The Kier molecular flexibility index (Phi) is 7.33. The maximum Gasteiger partial charge on any atom is 0.255 e. The van der Waals surface area contributed by atoms with Gasteiger partial charge < -0.3 is 10.6 Å². The molecule has 0 radical (unpaired) electrons. The lowest BCUT2D eigenvalue weighted by Crippen LogP contribution is -2.36. The van der Waals surface area contributed by atoms with E-state index in [4.69, 9.17) is 0 Å². The summed E-state index contributed by atoms with van der Waals surface area (Å²) in [5.74, 6) is -0.415. The second kappa shape index (κ2) is 9.96. The molecule has 0 unspecified atom stereocenters. The van der Waals surface area contributed by atoms with Crippen LogP contribution in [0.5, 0.6) is 0 Å². The first-order chi connectivity index (χ1) is 14.7. The molecule has 7 nitrogen and oxygen atoms in total. The first kappa shape index (κ1) is 22.8. The van der Waals surface area contributed by atoms with Gasteiger partial charge in [-0.2, -0.15) is 0 Å². The highest BCUT2D eigenvalue weighted by Crippen LogP contribution is 2.19. The van der Waals surface area contributed by atoms with Crippen molar-refractivity contribution < 1.29 is 18.0 Å². The summed E-state index contributed by atoms with van der Waals surface area (Å²) >= 11 is 0. The molecule has 31 heavy (non-hydrogen) atoms. The molecule has 1 saturated carbocycles. The Hall–Kier alpha value is -2.87. The number of carbonyl (C=O) groups is 2. The van der Waals surface area contributed by atoms with Crippen LogP contribution in [0.2, 0.25) is 0 Å². The number of amides is 2. The lowest BCUT2D eigenvalue weighted by molar-refractivity contribution is 0.0927. The van der Waals surface area contributed by atoms with Gasteiger partial charge in [0.05, 0.1) is 5.25 Å². The molecule has 1 fully saturated rings. The molecule has 0 aliphatic heterocycles. The number of nitrogens with one attached hydrogen (secondary N) is 3. The minimum absolute atomic E-state index is 0.0933. The predicted octanol–water partition coefficient (Wildman–Crippen LogP) is 4.15. The van der Waals surface area contributed by atoms with Crippen LogP contribution in [0.3, 0.4) is 0 Å². The largest absolute Gasteiger partial charge is 0.349 e. The minimum Gasteiger partial charge on any atom is -0.349 e. The second-order valence-corrected chi connectivity index (χ2v) is 10.3. The Labute approximate surface area is 183 Å². The van der Waals surface area contributed by atoms with Gasteiger partial charge in [-0.3, -0.25) is 14.3 Å². The quantitative estimate of drug-likeness (QED) is 0.598. The molecule has 0 atom stereocenters. The number of sulfonamides is 1. The van der Waals surface area contributed by atoms with Crippen molar-refractivity contribution in [1.82, 2.24) is 5.32 Å². The van der Waals surface area contributed by atoms with Crippen LogP contribution < -0.4 is 15.4 Å². The van der Waals surface area contributed by atoms with E-state index in [9.17, 15) is 18.0 Å². The Morgan fingerprint density at radius 1 is 0.806 bits per heavy atom. The van der Waals surface area contributed by atoms with E-state index < -0.39 is 15.3 Å². The number of hydrogen-bond donors (Lipinski definition) is 3. The van der Waals surface area contributed by atoms with E-state index >= 15 is 0 Å². The molecule has 0 spiro atoms. The van der Waals surface area contributed by atoms with Gasteiger partial charge in [0.25, 0.3) is 11.8 Å². The van der Waals surface area contributed by atoms with Crippen molar-refractivity contribution in [1.29, 1.82) is 0 Å². The number of hydrogen-bond acceptors (Lipinski definition) is 4. The molecule has 0 aromatic heterocycles. The van der Waals surface area contributed by atoms with E-state index in [2.05, 4.69) is 15.4 Å². The molecule has 0 heterocycles. The fourth-order valence-corrected chi connectivity index (χ4v) is 4.10. The first-order valence-corrected chi connectivity index (χ1v) is 12.1. The zero-order valence-corrected chi connectivity index (χ0v) is 18.7. The van der Waals surface area contributed by atoms with E-state index in [1.54, 1.807) is 62.4 Å². The lowest BCUT2D eigenvalue weighted by Gasteiger charge is -2.22. The van der Waals surface area contributed by atoms with E-state index in [-0.39, 0.29) is 17.9 Å². The van der Waals surface area contributed by atoms with Crippen molar-refractivity contribution in [3.05, 3.63) is 59.7 Å². The first-order valence-electron chi connectivity index (χ1n) is 10.6. The fourth-order valence-electron chi connectivity index (χ4n) is 3.40. The summed E-state index contributed by atoms with van der Waals surface area (Å²) < 4.78 is 26.3. The van der Waals surface area contributed by atoms with Crippen LogP contribution in [-0.4, -0.2) is 31.5 Å². The predicted molar refractivity (Wildman–Crippen MR) is 123 cm³/mol. The molecule has 3 rings (SSSR count). The molecule has 2 amide bonds. The molecular formula is C23H29N3O4S. The summed E-state index contributed by atoms with van der Waals surface area (Å²) in [4.78, 5) is 24.9. The average Bonchev–Trinajstić information content (AvgIpc) is 2.75. The Balaban J connectivity index is 1.57. The highest BCUT2D eigenvalue weighted by Gasteiger charge is 2.17. The topological polar surface area (TPSA) is 104 Å². The molecular weight excluding hydrogens is 414 g/mol. The number of anilines is 2. The number of benzene rings is 2. The Bertz CT molecular complexity index is 1010. The van der Waals surface area contributed by atoms with Crippen molar-refractivity contribution >= 4 is 33.2 Å². The third-order valence-corrected chi connectivity index (χ3v) is 7.13. The summed E-state index contributed by atoms with van der Waals surface area (Å²) in [7, 11) is -3.44. The van der Waals surface area contributed by atoms with Crippen LogP contribution in [0.25, 0.3) is 0 Å². The lowest BCUT2D eigenvalue weighted by atomic mass is 9.95. The van der Waals surface area contributed by atoms with E-state index in [0.29, 0.717) is 22.5 Å². The van der Waals surface area contributed by atoms with Crippen LogP contribution in [0.4, 0.5) is 11.4 Å². The van der Waals surface area contributed by atoms with Gasteiger partial charge >= 0.3 is 0 Å². The summed E-state index contributed by atoms with van der Waals surface area (Å²) in [5, 5.41) is 5.30. The maximum atomic E-state index is 12.5. The van der Waals surface area contributed by atoms with Gasteiger partial charge in [0, 0.05) is 28.5 Å². The summed E-state index contributed by atoms with van der Waals surface area (Å²) in [6.07, 6.45) is 5.59. The highest BCUT2D eigenvalue weighted by molar-refractivity contribution is 7.93. The monoisotopic (exact) mass is 443 g/mol. The van der Waals surface area contributed by atoms with Crippen molar-refractivity contribution in [3.8, 4) is 0 Å². The minimum atomic E-state index is -3.44. The van der Waals surface area contributed by atoms with Crippen molar-refractivity contribution in [3.63, 3.8) is 0 Å². The van der Waals surface area contributed by atoms with Gasteiger partial charge in [0.2, 0.25) is 10.0 Å². The zero-order valence-electron chi connectivity index (χ0n) is 17.9. The molecule has 2 aromatic rings. The fraction of sp³-hybridized carbons (Fsp3) is 0.391. The third kappa shape index (κ3) is 6.30. The Morgan fingerprint density at radius 3 is 1.87 bits per heavy atom. The Morgan fingerprint density at radius 2 is 1.32 bits per heavy atom. The standard InChI is InChI=1S/C23H29N3O4S/c1-16(2)31(29,30)26-21-14-10-18(11-15-21)23(28)25-20-12-8-17(9-13-20)22(27)24-19-6-4-3-5-7-19/h8-16,19,26H,3-7H2,1-2H3,(H,24,27)(H,25,28). The molecule has 166 valence electrons. The van der Waals surface area contributed by atoms with Crippen molar-refractivity contribution in [2.24, 2.45) is 0 Å². The van der Waals surface area contributed by atoms with Crippen molar-refractivity contribution in [2.75, 3.05) is 10.0 Å². The molecule has 0 saturated heterocycles. The molecule has 1 aliphatic rings. The van der Waals surface area contributed by atoms with Crippen LogP contribution in [0.15, 0.2) is 48.5 Å². The van der Waals surface area contributed by atoms with E-state index in [0.717, 1.165) is 25.7 Å². The zero-order chi connectivity index (χ0) is 22.4. The van der Waals surface area contributed by atoms with E-state index in [1.807, 2.05) is 0 Å². The average molecular weight is 444 g/mol. The van der Waals surface area contributed by atoms with Crippen LogP contribution in [-0.2, 0) is 10.0 Å². The van der Waals surface area contributed by atoms with Crippen LogP contribution in [0.1, 0.15) is 66.7 Å². The molecule has 0 bridgehead atoms. The second-order valence-electron chi connectivity index (χ2n) is 8.11. The SMILES string of the molecule is CC(C)S(=O)(=O)Nc1ccc(C(=O)Nc2ccc(C(=O)NC3CCCCC3)cc2)cc1. The summed E-state index contributed by atoms with van der Waals surface area (Å²) in [6, 6.07) is 13.2. The van der Waals surface area contributed by atoms with Gasteiger partial charge in [-0.05, 0) is 75.2 Å². The van der Waals surface area contributed by atoms with Gasteiger partial charge in [-0.15, -0.1) is 0 Å². The molecule has 8 heteroatoms. The number of rotatable bonds is 7. The molecule has 3 N–H and O–H groups in total. The normalized spacial score (nSPS) is 14.8. The third-order valence-electron chi connectivity index (χ3n) is 5.37. The summed E-state index contributed by atoms with van der Waals surface area (Å²) in [6.45, 7) is 3.18. The van der Waals surface area contributed by atoms with E-state index in [1.165, 1.54) is 6.42 Å². The van der Waals surface area contributed by atoms with Gasteiger partial charge in [0.1, 0.15) is 0 Å². The summed E-state index contributed by atoms with van der Waals surface area (Å²) in [5.41, 5.74) is 1.93. The van der Waals surface area contributed by atoms with Gasteiger partial charge in [0.15, 0.2) is 0 Å². The molecule has 2 aromatic carbocycles. The van der Waals surface area contributed by atoms with Gasteiger partial charge in [-0.25, -0.2) is 8.42 Å². The number of carbonyl (C=O) groups excluding carboxylic acids is 2. The van der Waals surface area contributed by atoms with Gasteiger partial charge in [-0.1, -0.05) is 19.3 Å². The highest BCUT2D eigenvalue weighted by atomic mass is 32.2. The maximum absolute atomic E-state index is 12.5. The molecule has 1 aliphatic carbocycles. The smallest absolute Gasteiger partial charge is 0.255 e.